The van der Waals surface area contributed by atoms with Crippen LogP contribution in [0.15, 0.2) is 151 Å². The number of fused-ring (bicyclic) bond motifs is 3. The van der Waals surface area contributed by atoms with Crippen molar-refractivity contribution in [3.05, 3.63) is 168 Å². The van der Waals surface area contributed by atoms with Crippen molar-refractivity contribution in [3.63, 3.8) is 0 Å². The lowest BCUT2D eigenvalue weighted by molar-refractivity contribution is 0.626. The Labute approximate surface area is 253 Å². The van der Waals surface area contributed by atoms with E-state index in [0.29, 0.717) is 5.25 Å². The summed E-state index contributed by atoms with van der Waals surface area (Å²) in [6.45, 7) is 4.05. The Bertz CT molecular complexity index is 1770. The van der Waals surface area contributed by atoms with Crippen LogP contribution in [0.25, 0.3) is 16.7 Å². The minimum atomic E-state index is -0.136. The molecule has 206 valence electrons. The number of anilines is 2. The van der Waals surface area contributed by atoms with Crippen LogP contribution >= 0.6 is 11.8 Å². The highest BCUT2D eigenvalue weighted by molar-refractivity contribution is 8.01. The van der Waals surface area contributed by atoms with Crippen LogP contribution in [-0.4, -0.2) is 5.25 Å². The molecule has 0 saturated heterocycles. The third-order valence-electron chi connectivity index (χ3n) is 8.42. The molecule has 0 aromatic heterocycles. The standard InChI is InChI=1S/C39H34N2S/c1-39(23-11-19-35-34-18-8-9-20-37(34)42-38(35)39)31-21-22-33(30-15-6-3-7-16-30)36(25-31)41-32-17-10-14-29(24-32)27-40-26-28-12-4-2-5-13-28/h2-25,38,40-41H,26-27H2,1H3. The molecule has 2 nitrogen and oxygen atoms in total. The number of hydrogen-bond acceptors (Lipinski definition) is 3. The molecule has 1 aliphatic carbocycles. The van der Waals surface area contributed by atoms with Crippen molar-refractivity contribution in [2.45, 2.75) is 35.6 Å². The van der Waals surface area contributed by atoms with Crippen LogP contribution in [0.4, 0.5) is 11.4 Å². The van der Waals surface area contributed by atoms with Gasteiger partial charge in [0.1, 0.15) is 0 Å². The van der Waals surface area contributed by atoms with Gasteiger partial charge in [0.05, 0.1) is 0 Å². The second-order valence-corrected chi connectivity index (χ2v) is 12.4. The fraction of sp³-hybridized carbons (Fsp3) is 0.128. The predicted molar refractivity (Wildman–Crippen MR) is 179 cm³/mol. The summed E-state index contributed by atoms with van der Waals surface area (Å²) in [4.78, 5) is 1.38. The lowest BCUT2D eigenvalue weighted by Crippen LogP contribution is -2.33. The van der Waals surface area contributed by atoms with Gasteiger partial charge in [0, 0.05) is 45.6 Å². The van der Waals surface area contributed by atoms with E-state index in [-0.39, 0.29) is 5.41 Å². The first-order valence-electron chi connectivity index (χ1n) is 14.6. The van der Waals surface area contributed by atoms with Gasteiger partial charge in [-0.15, -0.1) is 11.8 Å². The fourth-order valence-corrected chi connectivity index (χ4v) is 7.68. The van der Waals surface area contributed by atoms with Crippen LogP contribution < -0.4 is 10.6 Å². The summed E-state index contributed by atoms with van der Waals surface area (Å²) in [5.74, 6) is 0. The molecule has 0 bridgehead atoms. The maximum absolute atomic E-state index is 3.82. The van der Waals surface area contributed by atoms with E-state index in [2.05, 4.69) is 163 Å². The van der Waals surface area contributed by atoms with E-state index in [0.717, 1.165) is 24.5 Å². The fourth-order valence-electron chi connectivity index (χ4n) is 6.16. The van der Waals surface area contributed by atoms with Crippen molar-refractivity contribution in [3.8, 4) is 11.1 Å². The molecule has 1 heterocycles. The maximum Gasteiger partial charge on any atom is 0.0479 e. The summed E-state index contributed by atoms with van der Waals surface area (Å²) in [5.41, 5.74) is 11.2. The molecule has 0 fully saturated rings. The molecule has 5 aromatic rings. The monoisotopic (exact) mass is 562 g/mol. The highest BCUT2D eigenvalue weighted by Gasteiger charge is 2.43. The van der Waals surface area contributed by atoms with Crippen molar-refractivity contribution in [1.29, 1.82) is 0 Å². The molecule has 0 spiro atoms. The quantitative estimate of drug-likeness (QED) is 0.197. The Balaban J connectivity index is 1.20. The van der Waals surface area contributed by atoms with Crippen LogP contribution in [0.1, 0.15) is 29.2 Å². The Hall–Kier alpha value is -4.31. The van der Waals surface area contributed by atoms with E-state index in [1.165, 1.54) is 43.8 Å². The number of benzene rings is 5. The SMILES string of the molecule is CC1(c2ccc(-c3ccccc3)c(Nc3cccc(CNCc4ccccc4)c3)c2)C=CC=C2c3ccccc3SC21. The van der Waals surface area contributed by atoms with Gasteiger partial charge in [0.25, 0.3) is 0 Å². The van der Waals surface area contributed by atoms with Crippen molar-refractivity contribution in [1.82, 2.24) is 5.32 Å². The second-order valence-electron chi connectivity index (χ2n) is 11.3. The number of rotatable bonds is 8. The van der Waals surface area contributed by atoms with E-state index < -0.39 is 0 Å². The Kier molecular flexibility index (Phi) is 7.29. The topological polar surface area (TPSA) is 24.1 Å². The molecule has 1 aliphatic heterocycles. The summed E-state index contributed by atoms with van der Waals surface area (Å²) in [7, 11) is 0. The van der Waals surface area contributed by atoms with Gasteiger partial charge in [-0.3, -0.25) is 0 Å². The number of hydrogen-bond donors (Lipinski definition) is 2. The van der Waals surface area contributed by atoms with Crippen molar-refractivity contribution >= 4 is 28.7 Å². The number of nitrogens with one attached hydrogen (secondary N) is 2. The molecule has 42 heavy (non-hydrogen) atoms. The number of allylic oxidation sites excluding steroid dienone is 3. The zero-order valence-corrected chi connectivity index (χ0v) is 24.6. The van der Waals surface area contributed by atoms with Crippen LogP contribution in [0.3, 0.4) is 0 Å². The molecule has 5 aromatic carbocycles. The van der Waals surface area contributed by atoms with Crippen LogP contribution in [0, 0.1) is 0 Å². The molecule has 3 heteroatoms. The third kappa shape index (κ3) is 5.22. The lowest BCUT2D eigenvalue weighted by atomic mass is 9.72. The predicted octanol–water partition coefficient (Wildman–Crippen LogP) is 9.77. The Morgan fingerprint density at radius 3 is 2.29 bits per heavy atom. The van der Waals surface area contributed by atoms with Gasteiger partial charge in [0.15, 0.2) is 0 Å². The van der Waals surface area contributed by atoms with Gasteiger partial charge in [-0.2, -0.15) is 0 Å². The zero-order valence-electron chi connectivity index (χ0n) is 23.8. The highest BCUT2D eigenvalue weighted by atomic mass is 32.2. The van der Waals surface area contributed by atoms with Gasteiger partial charge in [0.2, 0.25) is 0 Å². The van der Waals surface area contributed by atoms with Crippen molar-refractivity contribution in [2.75, 3.05) is 5.32 Å². The average molecular weight is 563 g/mol. The summed E-state index contributed by atoms with van der Waals surface area (Å²) < 4.78 is 0. The van der Waals surface area contributed by atoms with E-state index in [4.69, 9.17) is 0 Å². The normalized spacial score (nSPS) is 18.7. The first-order chi connectivity index (χ1) is 20.7. The molecule has 2 N–H and O–H groups in total. The highest BCUT2D eigenvalue weighted by Crippen LogP contribution is 2.55. The van der Waals surface area contributed by atoms with Gasteiger partial charge >= 0.3 is 0 Å². The van der Waals surface area contributed by atoms with Gasteiger partial charge in [-0.05, 0) is 57.7 Å². The van der Waals surface area contributed by atoms with Gasteiger partial charge in [-0.1, -0.05) is 128 Å². The summed E-state index contributed by atoms with van der Waals surface area (Å²) in [6, 6.07) is 45.8. The summed E-state index contributed by atoms with van der Waals surface area (Å²) >= 11 is 1.99. The van der Waals surface area contributed by atoms with E-state index in [1.54, 1.807) is 0 Å². The second kappa shape index (κ2) is 11.5. The number of thioether (sulfide) groups is 1. The smallest absolute Gasteiger partial charge is 0.0479 e. The van der Waals surface area contributed by atoms with Crippen LogP contribution in [-0.2, 0) is 18.5 Å². The molecular formula is C39H34N2S. The molecule has 7 rings (SSSR count). The lowest BCUT2D eigenvalue weighted by Gasteiger charge is -2.36. The van der Waals surface area contributed by atoms with Crippen LogP contribution in [0.5, 0.6) is 0 Å². The zero-order chi connectivity index (χ0) is 28.4. The molecular weight excluding hydrogens is 529 g/mol. The summed E-state index contributed by atoms with van der Waals surface area (Å²) in [5, 5.41) is 7.75. The minimum Gasteiger partial charge on any atom is -0.355 e. The first kappa shape index (κ1) is 26.6. The summed E-state index contributed by atoms with van der Waals surface area (Å²) in [6.07, 6.45) is 6.94. The molecule has 2 unspecified atom stereocenters. The van der Waals surface area contributed by atoms with Gasteiger partial charge < -0.3 is 10.6 Å². The maximum atomic E-state index is 3.82. The minimum absolute atomic E-state index is 0.136. The Morgan fingerprint density at radius 2 is 1.43 bits per heavy atom. The first-order valence-corrected chi connectivity index (χ1v) is 15.5. The van der Waals surface area contributed by atoms with Crippen LogP contribution in [0.2, 0.25) is 0 Å². The third-order valence-corrected chi connectivity index (χ3v) is 10.0. The largest absolute Gasteiger partial charge is 0.355 e. The van der Waals surface area contributed by atoms with E-state index in [1.807, 2.05) is 11.8 Å². The van der Waals surface area contributed by atoms with Crippen molar-refractivity contribution < 1.29 is 0 Å². The molecule has 0 saturated carbocycles. The molecule has 2 aliphatic rings. The van der Waals surface area contributed by atoms with Crippen molar-refractivity contribution in [2.24, 2.45) is 0 Å². The average Bonchev–Trinajstić information content (AvgIpc) is 3.43. The van der Waals surface area contributed by atoms with Gasteiger partial charge in [-0.25, -0.2) is 0 Å². The molecule has 2 atom stereocenters. The molecule has 0 amide bonds. The van der Waals surface area contributed by atoms with E-state index >= 15 is 0 Å². The Morgan fingerprint density at radius 1 is 0.690 bits per heavy atom. The van der Waals surface area contributed by atoms with E-state index in [9.17, 15) is 0 Å². The molecule has 0 radical (unpaired) electrons.